The molecular formula is C15H16N4O6. The maximum Gasteiger partial charge on any atom is 0.323 e. The van der Waals surface area contributed by atoms with Crippen LogP contribution < -0.4 is 0 Å². The lowest BCUT2D eigenvalue weighted by Gasteiger charge is -2.18. The van der Waals surface area contributed by atoms with E-state index in [2.05, 4.69) is 5.10 Å². The minimum atomic E-state index is -1.14. The van der Waals surface area contributed by atoms with Gasteiger partial charge in [-0.25, -0.2) is 4.68 Å². The average Bonchev–Trinajstić information content (AvgIpc) is 3.07. The zero-order chi connectivity index (χ0) is 18.4. The Kier molecular flexibility index (Phi) is 5.79. The number of methoxy groups -OCH3 is 1. The van der Waals surface area contributed by atoms with Gasteiger partial charge in [0.25, 0.3) is 11.6 Å². The molecule has 0 fully saturated rings. The average molecular weight is 348 g/mol. The summed E-state index contributed by atoms with van der Waals surface area (Å²) < 4.78 is 6.26. The third-order valence-electron chi connectivity index (χ3n) is 3.31. The van der Waals surface area contributed by atoms with Gasteiger partial charge in [-0.2, -0.15) is 5.10 Å². The molecule has 0 aliphatic rings. The van der Waals surface area contributed by atoms with Crippen LogP contribution in [0.1, 0.15) is 10.5 Å². The van der Waals surface area contributed by atoms with Crippen molar-refractivity contribution in [1.29, 1.82) is 0 Å². The van der Waals surface area contributed by atoms with Crippen LogP contribution in [0.5, 0.6) is 0 Å². The first-order chi connectivity index (χ1) is 11.9. The van der Waals surface area contributed by atoms with E-state index in [1.807, 2.05) is 0 Å². The zero-order valence-corrected chi connectivity index (χ0v) is 13.4. The maximum absolute atomic E-state index is 12.4. The van der Waals surface area contributed by atoms with Crippen LogP contribution in [-0.4, -0.2) is 63.4 Å². The second kappa shape index (κ2) is 8.02. The van der Waals surface area contributed by atoms with E-state index in [1.54, 1.807) is 0 Å². The third kappa shape index (κ3) is 4.61. The molecule has 25 heavy (non-hydrogen) atoms. The number of nitrogens with zero attached hydrogens (tertiary/aromatic N) is 4. The summed E-state index contributed by atoms with van der Waals surface area (Å²) in [5, 5.41) is 23.7. The van der Waals surface area contributed by atoms with E-state index < -0.39 is 23.3 Å². The Morgan fingerprint density at radius 2 is 2.00 bits per heavy atom. The molecule has 0 bridgehead atoms. The summed E-state index contributed by atoms with van der Waals surface area (Å²) in [7, 11) is 1.45. The second-order valence-electron chi connectivity index (χ2n) is 5.03. The molecule has 0 radical (unpaired) electrons. The number of carbonyl (C=O) groups excluding carboxylic acids is 1. The van der Waals surface area contributed by atoms with Gasteiger partial charge in [-0.05, 0) is 18.2 Å². The second-order valence-corrected chi connectivity index (χ2v) is 5.03. The van der Waals surface area contributed by atoms with Crippen molar-refractivity contribution >= 4 is 17.6 Å². The Labute approximate surface area is 142 Å². The molecule has 0 atom stereocenters. The number of rotatable bonds is 8. The Morgan fingerprint density at radius 1 is 1.32 bits per heavy atom. The molecule has 2 aromatic rings. The summed E-state index contributed by atoms with van der Waals surface area (Å²) in [6.07, 6.45) is 1.52. The number of hydrogen-bond donors (Lipinski definition) is 1. The van der Waals surface area contributed by atoms with Gasteiger partial charge in [0.2, 0.25) is 0 Å². The normalized spacial score (nSPS) is 10.4. The molecular weight excluding hydrogens is 332 g/mol. The van der Waals surface area contributed by atoms with E-state index in [-0.39, 0.29) is 24.5 Å². The Balaban J connectivity index is 2.18. The van der Waals surface area contributed by atoms with Crippen molar-refractivity contribution < 1.29 is 24.4 Å². The Bertz CT molecular complexity index is 771. The quantitative estimate of drug-likeness (QED) is 0.555. The summed E-state index contributed by atoms with van der Waals surface area (Å²) >= 11 is 0. The molecule has 0 spiro atoms. The van der Waals surface area contributed by atoms with Gasteiger partial charge in [-0.1, -0.05) is 0 Å². The predicted octanol–water partition coefficient (Wildman–Crippen LogP) is 0.954. The number of nitro groups is 1. The first kappa shape index (κ1) is 18.1. The Hall–Kier alpha value is -3.27. The van der Waals surface area contributed by atoms with E-state index in [9.17, 15) is 19.7 Å². The van der Waals surface area contributed by atoms with Gasteiger partial charge in [0.1, 0.15) is 6.54 Å². The molecule has 10 nitrogen and oxygen atoms in total. The van der Waals surface area contributed by atoms with Gasteiger partial charge < -0.3 is 14.7 Å². The predicted molar refractivity (Wildman–Crippen MR) is 85.6 cm³/mol. The van der Waals surface area contributed by atoms with Crippen molar-refractivity contribution in [2.45, 2.75) is 0 Å². The van der Waals surface area contributed by atoms with Crippen LogP contribution in [0.2, 0.25) is 0 Å². The lowest BCUT2D eigenvalue weighted by atomic mass is 10.3. The summed E-state index contributed by atoms with van der Waals surface area (Å²) in [6, 6.07) is 7.10. The van der Waals surface area contributed by atoms with E-state index in [4.69, 9.17) is 9.84 Å². The van der Waals surface area contributed by atoms with Gasteiger partial charge in [0.05, 0.1) is 17.2 Å². The highest BCUT2D eigenvalue weighted by atomic mass is 16.6. The third-order valence-corrected chi connectivity index (χ3v) is 3.31. The molecule has 132 valence electrons. The largest absolute Gasteiger partial charge is 0.480 e. The maximum atomic E-state index is 12.4. The molecule has 0 saturated carbocycles. The van der Waals surface area contributed by atoms with E-state index in [0.29, 0.717) is 5.69 Å². The van der Waals surface area contributed by atoms with Gasteiger partial charge in [0, 0.05) is 32.0 Å². The van der Waals surface area contributed by atoms with Crippen LogP contribution in [0.4, 0.5) is 5.69 Å². The highest BCUT2D eigenvalue weighted by molar-refractivity contribution is 5.94. The highest BCUT2D eigenvalue weighted by Crippen LogP contribution is 2.15. The molecule has 0 aliphatic heterocycles. The number of aliphatic carboxylic acids is 1. The molecule has 1 aromatic carbocycles. The number of non-ortho nitro benzene ring substituents is 1. The molecule has 10 heteroatoms. The van der Waals surface area contributed by atoms with Gasteiger partial charge in [-0.3, -0.25) is 19.7 Å². The number of aromatic nitrogens is 2. The fourth-order valence-electron chi connectivity index (χ4n) is 2.09. The lowest BCUT2D eigenvalue weighted by Crippen LogP contribution is -2.38. The highest BCUT2D eigenvalue weighted by Gasteiger charge is 2.20. The summed E-state index contributed by atoms with van der Waals surface area (Å²) in [6.45, 7) is -0.152. The minimum Gasteiger partial charge on any atom is -0.480 e. The summed E-state index contributed by atoms with van der Waals surface area (Å²) in [5.41, 5.74) is 0.543. The number of ether oxygens (including phenoxy) is 1. The Morgan fingerprint density at radius 3 is 2.56 bits per heavy atom. The minimum absolute atomic E-state index is 0.0561. The summed E-state index contributed by atoms with van der Waals surface area (Å²) in [5.74, 6) is -1.68. The van der Waals surface area contributed by atoms with Crippen molar-refractivity contribution in [3.05, 3.63) is 52.3 Å². The number of amides is 1. The van der Waals surface area contributed by atoms with Gasteiger partial charge in [-0.15, -0.1) is 0 Å². The summed E-state index contributed by atoms with van der Waals surface area (Å²) in [4.78, 5) is 34.6. The van der Waals surface area contributed by atoms with Crippen molar-refractivity contribution in [3.63, 3.8) is 0 Å². The fourth-order valence-corrected chi connectivity index (χ4v) is 2.09. The molecule has 0 unspecified atom stereocenters. The molecule has 0 saturated heterocycles. The number of carboxylic acids is 1. The van der Waals surface area contributed by atoms with E-state index in [0.717, 1.165) is 4.90 Å². The monoisotopic (exact) mass is 348 g/mol. The fraction of sp³-hybridized carbons (Fsp3) is 0.267. The van der Waals surface area contributed by atoms with E-state index in [1.165, 1.54) is 48.3 Å². The molecule has 1 amide bonds. The SMILES string of the molecule is COCCN(CC(=O)O)C(=O)c1ccn(-c2ccc([N+](=O)[O-])cc2)n1. The van der Waals surface area contributed by atoms with Crippen molar-refractivity contribution in [1.82, 2.24) is 14.7 Å². The molecule has 0 aliphatic carbocycles. The molecule has 1 N–H and O–H groups in total. The van der Waals surface area contributed by atoms with Crippen LogP contribution in [0.15, 0.2) is 36.5 Å². The smallest absolute Gasteiger partial charge is 0.323 e. The van der Waals surface area contributed by atoms with Crippen LogP contribution in [0.3, 0.4) is 0 Å². The standard InChI is InChI=1S/C15H16N4O6/c1-25-9-8-17(10-14(20)21)15(22)13-6-7-18(16-13)11-2-4-12(5-3-11)19(23)24/h2-7H,8-10H2,1H3,(H,20,21). The number of carboxylic acid groups (broad SMARTS) is 1. The first-order valence-electron chi connectivity index (χ1n) is 7.23. The van der Waals surface area contributed by atoms with Crippen LogP contribution >= 0.6 is 0 Å². The van der Waals surface area contributed by atoms with Gasteiger partial charge in [0.15, 0.2) is 5.69 Å². The number of benzene rings is 1. The van der Waals surface area contributed by atoms with Crippen LogP contribution in [0.25, 0.3) is 5.69 Å². The number of nitro benzene ring substituents is 1. The zero-order valence-electron chi connectivity index (χ0n) is 13.4. The van der Waals surface area contributed by atoms with Crippen molar-refractivity contribution in [2.75, 3.05) is 26.8 Å². The molecule has 1 aromatic heterocycles. The first-order valence-corrected chi connectivity index (χ1v) is 7.23. The molecule has 1 heterocycles. The molecule has 2 rings (SSSR count). The van der Waals surface area contributed by atoms with Crippen LogP contribution in [0, 0.1) is 10.1 Å². The van der Waals surface area contributed by atoms with E-state index >= 15 is 0 Å². The lowest BCUT2D eigenvalue weighted by molar-refractivity contribution is -0.384. The number of carbonyl (C=O) groups is 2. The van der Waals surface area contributed by atoms with Crippen LogP contribution in [-0.2, 0) is 9.53 Å². The van der Waals surface area contributed by atoms with Crippen molar-refractivity contribution in [3.8, 4) is 5.69 Å². The van der Waals surface area contributed by atoms with Crippen molar-refractivity contribution in [2.24, 2.45) is 0 Å². The number of hydrogen-bond acceptors (Lipinski definition) is 6. The topological polar surface area (TPSA) is 128 Å². The van der Waals surface area contributed by atoms with Gasteiger partial charge >= 0.3 is 5.97 Å².